The molecule has 8 heteroatoms. The molecule has 0 fully saturated rings. The van der Waals surface area contributed by atoms with Gasteiger partial charge in [-0.05, 0) is 34.4 Å². The molecule has 5 nitrogen and oxygen atoms in total. The normalized spacial score (nSPS) is 12.3. The number of hydrogen-bond acceptors (Lipinski definition) is 5. The second kappa shape index (κ2) is 6.95. The van der Waals surface area contributed by atoms with Crippen LogP contribution in [0, 0.1) is 0 Å². The van der Waals surface area contributed by atoms with Crippen molar-refractivity contribution < 1.29 is 12.8 Å². The summed E-state index contributed by atoms with van der Waals surface area (Å²) in [6, 6.07) is 1.46. The van der Waals surface area contributed by atoms with E-state index in [9.17, 15) is 8.42 Å². The monoisotopic (exact) mass is 356 g/mol. The molecule has 0 aromatic carbocycles. The van der Waals surface area contributed by atoms with Crippen LogP contribution in [-0.4, -0.2) is 38.3 Å². The van der Waals surface area contributed by atoms with Crippen molar-refractivity contribution in [2.24, 2.45) is 5.73 Å². The van der Waals surface area contributed by atoms with E-state index in [-0.39, 0.29) is 16.1 Å². The Morgan fingerprint density at radius 2 is 2.22 bits per heavy atom. The number of rotatable bonds is 7. The predicted octanol–water partition coefficient (Wildman–Crippen LogP) is 1.87. The molecular weight excluding hydrogens is 340 g/mol. The second-order valence-electron chi connectivity index (χ2n) is 3.73. The third kappa shape index (κ3) is 3.74. The standard InChI is InChI=1S/C10H17BrN2O3S2/c1-13(4-3-5-17-2)18(14,15)9-6-8(7-12)16-10(9)11/h6H,3-5,7,12H2,1-2H3. The van der Waals surface area contributed by atoms with Crippen molar-refractivity contribution in [1.29, 1.82) is 0 Å². The minimum absolute atomic E-state index is 0.134. The van der Waals surface area contributed by atoms with Crippen molar-refractivity contribution in [3.8, 4) is 0 Å². The van der Waals surface area contributed by atoms with Crippen LogP contribution in [0.4, 0.5) is 0 Å². The third-order valence-electron chi connectivity index (χ3n) is 2.42. The first kappa shape index (κ1) is 16.0. The molecule has 0 bridgehead atoms. The van der Waals surface area contributed by atoms with Crippen molar-refractivity contribution in [1.82, 2.24) is 4.31 Å². The SMILES string of the molecule is CSCCCN(C)S(=O)(=O)c1cc(CN)oc1Br. The van der Waals surface area contributed by atoms with Gasteiger partial charge in [-0.25, -0.2) is 12.7 Å². The molecule has 0 aliphatic rings. The third-order valence-corrected chi connectivity index (χ3v) is 5.83. The van der Waals surface area contributed by atoms with Crippen molar-refractivity contribution in [3.63, 3.8) is 0 Å². The zero-order valence-corrected chi connectivity index (χ0v) is 13.6. The van der Waals surface area contributed by atoms with Crippen LogP contribution in [0.25, 0.3) is 0 Å². The lowest BCUT2D eigenvalue weighted by atomic mass is 10.5. The lowest BCUT2D eigenvalue weighted by molar-refractivity contribution is 0.460. The van der Waals surface area contributed by atoms with Gasteiger partial charge in [0.15, 0.2) is 4.67 Å². The molecule has 1 heterocycles. The highest BCUT2D eigenvalue weighted by Crippen LogP contribution is 2.28. The van der Waals surface area contributed by atoms with Gasteiger partial charge in [-0.2, -0.15) is 11.8 Å². The molecule has 0 saturated carbocycles. The summed E-state index contributed by atoms with van der Waals surface area (Å²) in [6.45, 7) is 0.656. The molecule has 1 aromatic heterocycles. The molecule has 18 heavy (non-hydrogen) atoms. The summed E-state index contributed by atoms with van der Waals surface area (Å²) in [5.41, 5.74) is 5.42. The zero-order valence-electron chi connectivity index (χ0n) is 10.3. The van der Waals surface area contributed by atoms with Gasteiger partial charge in [-0.1, -0.05) is 0 Å². The Morgan fingerprint density at radius 3 is 2.72 bits per heavy atom. The number of sulfonamides is 1. The van der Waals surface area contributed by atoms with E-state index >= 15 is 0 Å². The van der Waals surface area contributed by atoms with Crippen LogP contribution < -0.4 is 5.73 Å². The van der Waals surface area contributed by atoms with Gasteiger partial charge in [0.25, 0.3) is 0 Å². The van der Waals surface area contributed by atoms with Gasteiger partial charge in [0.1, 0.15) is 10.7 Å². The van der Waals surface area contributed by atoms with E-state index < -0.39 is 10.0 Å². The minimum atomic E-state index is -3.51. The van der Waals surface area contributed by atoms with Crippen LogP contribution in [0.2, 0.25) is 0 Å². The Balaban J connectivity index is 2.87. The Labute approximate surface area is 120 Å². The van der Waals surface area contributed by atoms with Crippen LogP contribution >= 0.6 is 27.7 Å². The fourth-order valence-corrected chi connectivity index (χ4v) is 3.98. The lowest BCUT2D eigenvalue weighted by Gasteiger charge is -2.15. The van der Waals surface area contributed by atoms with Crippen LogP contribution in [0.5, 0.6) is 0 Å². The van der Waals surface area contributed by atoms with Crippen LogP contribution in [0.3, 0.4) is 0 Å². The molecule has 0 amide bonds. The van der Waals surface area contributed by atoms with E-state index in [1.165, 1.54) is 10.4 Å². The van der Waals surface area contributed by atoms with Crippen LogP contribution in [-0.2, 0) is 16.6 Å². The number of thioether (sulfide) groups is 1. The average molecular weight is 357 g/mol. The first-order valence-electron chi connectivity index (χ1n) is 5.37. The Morgan fingerprint density at radius 1 is 1.56 bits per heavy atom. The zero-order chi connectivity index (χ0) is 13.8. The molecule has 0 unspecified atom stereocenters. The molecule has 0 atom stereocenters. The molecule has 2 N–H and O–H groups in total. The smallest absolute Gasteiger partial charge is 0.247 e. The quantitative estimate of drug-likeness (QED) is 0.754. The average Bonchev–Trinajstić information content (AvgIpc) is 2.71. The number of hydrogen-bond donors (Lipinski definition) is 1. The molecule has 0 saturated heterocycles. The maximum Gasteiger partial charge on any atom is 0.247 e. The molecule has 0 aliphatic carbocycles. The molecule has 1 aromatic rings. The fraction of sp³-hybridized carbons (Fsp3) is 0.600. The maximum absolute atomic E-state index is 12.3. The Kier molecular flexibility index (Phi) is 6.19. The van der Waals surface area contributed by atoms with Gasteiger partial charge in [-0.15, -0.1) is 0 Å². The highest BCUT2D eigenvalue weighted by atomic mass is 79.9. The van der Waals surface area contributed by atoms with Crippen molar-refractivity contribution in [3.05, 3.63) is 16.5 Å². The summed E-state index contributed by atoms with van der Waals surface area (Å²) in [6.07, 6.45) is 2.81. The summed E-state index contributed by atoms with van der Waals surface area (Å²) in [7, 11) is -1.94. The van der Waals surface area contributed by atoms with Crippen molar-refractivity contribution in [2.45, 2.75) is 17.9 Å². The van der Waals surface area contributed by atoms with E-state index in [0.717, 1.165) is 12.2 Å². The molecular formula is C10H17BrN2O3S2. The Hall–Kier alpha value is -0.0200. The van der Waals surface area contributed by atoms with Gasteiger partial charge >= 0.3 is 0 Å². The summed E-state index contributed by atoms with van der Waals surface area (Å²) in [5, 5.41) is 0. The van der Waals surface area contributed by atoms with Gasteiger partial charge in [0, 0.05) is 19.7 Å². The van der Waals surface area contributed by atoms with Gasteiger partial charge in [0.2, 0.25) is 10.0 Å². The van der Waals surface area contributed by atoms with Crippen molar-refractivity contribution in [2.75, 3.05) is 25.6 Å². The maximum atomic E-state index is 12.3. The highest BCUT2D eigenvalue weighted by molar-refractivity contribution is 9.10. The first-order chi connectivity index (χ1) is 8.43. The first-order valence-corrected chi connectivity index (χ1v) is 8.99. The Bertz CT molecular complexity index is 487. The molecule has 1 rings (SSSR count). The van der Waals surface area contributed by atoms with Gasteiger partial charge in [-0.3, -0.25) is 0 Å². The number of furan rings is 1. The number of halogens is 1. The van der Waals surface area contributed by atoms with Crippen LogP contribution in [0.1, 0.15) is 12.2 Å². The second-order valence-corrected chi connectivity index (χ2v) is 7.45. The summed E-state index contributed by atoms with van der Waals surface area (Å²) in [5.74, 6) is 1.37. The predicted molar refractivity (Wildman–Crippen MR) is 77.1 cm³/mol. The molecule has 104 valence electrons. The van der Waals surface area contributed by atoms with Crippen LogP contribution in [0.15, 0.2) is 20.0 Å². The molecule has 0 radical (unpaired) electrons. The summed E-state index contributed by atoms with van der Waals surface area (Å²) < 4.78 is 31.3. The van der Waals surface area contributed by atoms with Crippen molar-refractivity contribution >= 4 is 37.7 Å². The number of nitrogens with two attached hydrogens (primary N) is 1. The number of nitrogens with zero attached hydrogens (tertiary/aromatic N) is 1. The highest BCUT2D eigenvalue weighted by Gasteiger charge is 2.26. The summed E-state index contributed by atoms with van der Waals surface area (Å²) >= 11 is 4.81. The topological polar surface area (TPSA) is 76.5 Å². The lowest BCUT2D eigenvalue weighted by Crippen LogP contribution is -2.28. The van der Waals surface area contributed by atoms with E-state index in [1.807, 2.05) is 6.26 Å². The molecule has 0 spiro atoms. The minimum Gasteiger partial charge on any atom is -0.452 e. The molecule has 0 aliphatic heterocycles. The fourth-order valence-electron chi connectivity index (χ4n) is 1.39. The van der Waals surface area contributed by atoms with Gasteiger partial charge in [0.05, 0.1) is 6.54 Å². The van der Waals surface area contributed by atoms with E-state index in [1.54, 1.807) is 18.8 Å². The largest absolute Gasteiger partial charge is 0.452 e. The van der Waals surface area contributed by atoms with Gasteiger partial charge < -0.3 is 10.2 Å². The van der Waals surface area contributed by atoms with E-state index in [2.05, 4.69) is 15.9 Å². The van der Waals surface area contributed by atoms with E-state index in [4.69, 9.17) is 10.2 Å². The summed E-state index contributed by atoms with van der Waals surface area (Å²) in [4.78, 5) is 0.134. The van der Waals surface area contributed by atoms with E-state index in [0.29, 0.717) is 12.3 Å².